The molecular weight excluding hydrogens is 456 g/mol. The highest BCUT2D eigenvalue weighted by Gasteiger charge is 2.19. The molecule has 0 aliphatic carbocycles. The molecule has 5 nitrogen and oxygen atoms in total. The Hall–Kier alpha value is -3.38. The summed E-state index contributed by atoms with van der Waals surface area (Å²) >= 11 is 3.34. The lowest BCUT2D eigenvalue weighted by molar-refractivity contribution is -0.132. The number of nitrogens with zero attached hydrogens (tertiary/aromatic N) is 2. The van der Waals surface area contributed by atoms with Gasteiger partial charge in [-0.25, -0.2) is 4.79 Å². The first-order valence-corrected chi connectivity index (χ1v) is 10.4. The predicted octanol–water partition coefficient (Wildman–Crippen LogP) is 5.40. The average molecular weight is 477 g/mol. The lowest BCUT2D eigenvalue weighted by atomic mass is 9.98. The number of carbonyl (C=O) groups excluding carboxylic acids is 2. The summed E-state index contributed by atoms with van der Waals surface area (Å²) in [5, 5.41) is 8.57. The molecule has 6 heteroatoms. The first kappa shape index (κ1) is 22.3. The van der Waals surface area contributed by atoms with Crippen molar-refractivity contribution in [2.75, 3.05) is 7.11 Å². The van der Waals surface area contributed by atoms with Crippen molar-refractivity contribution >= 4 is 39.1 Å². The smallest absolute Gasteiger partial charge is 0.354 e. The summed E-state index contributed by atoms with van der Waals surface area (Å²) in [6.07, 6.45) is -0.215. The van der Waals surface area contributed by atoms with Gasteiger partial charge < -0.3 is 4.74 Å². The fourth-order valence-electron chi connectivity index (χ4n) is 2.97. The molecule has 0 atom stereocenters. The minimum absolute atomic E-state index is 0.0579. The van der Waals surface area contributed by atoms with Crippen molar-refractivity contribution in [1.29, 1.82) is 0 Å². The number of benzene rings is 3. The minimum Gasteiger partial charge on any atom is -0.464 e. The number of carbonyl (C=O) groups is 2. The van der Waals surface area contributed by atoms with Crippen LogP contribution in [0.4, 0.5) is 0 Å². The highest BCUT2D eigenvalue weighted by Crippen LogP contribution is 2.16. The number of ether oxygens (including phenoxy) is 1. The van der Waals surface area contributed by atoms with E-state index in [9.17, 15) is 9.59 Å². The first-order chi connectivity index (χ1) is 15.0. The van der Waals surface area contributed by atoms with E-state index in [0.29, 0.717) is 11.3 Å². The van der Waals surface area contributed by atoms with Crippen molar-refractivity contribution in [2.24, 2.45) is 10.2 Å². The number of rotatable bonds is 7. The molecule has 31 heavy (non-hydrogen) atoms. The standard InChI is InChI=1S/C25H21BrN2O3/c1-17-8-6-7-11-21(17)24(19-9-4-3-5-10-19)28-27-22(25(30)31-2)16-23(29)18-12-14-20(26)15-13-18/h3-15H,16H2,1-2H3. The normalized spacial score (nSPS) is 11.8. The molecule has 0 N–H and O–H groups in total. The van der Waals surface area contributed by atoms with Gasteiger partial charge in [0.15, 0.2) is 11.5 Å². The molecular formula is C25H21BrN2O3. The number of Topliss-reactive ketones (excluding diaryl/α,β-unsaturated/α-hetero) is 1. The number of esters is 1. The van der Waals surface area contributed by atoms with Crippen LogP contribution in [0.2, 0.25) is 0 Å². The molecule has 0 radical (unpaired) electrons. The SMILES string of the molecule is COC(=O)C(CC(=O)c1ccc(Br)cc1)=NN=C(c1ccccc1)c1ccccc1C. The van der Waals surface area contributed by atoms with E-state index in [0.717, 1.165) is 21.2 Å². The second-order valence-electron chi connectivity index (χ2n) is 6.77. The Labute approximate surface area is 189 Å². The maximum atomic E-state index is 12.7. The molecule has 0 unspecified atom stereocenters. The summed E-state index contributed by atoms with van der Waals surface area (Å²) in [6.45, 7) is 1.98. The zero-order chi connectivity index (χ0) is 22.2. The summed E-state index contributed by atoms with van der Waals surface area (Å²) in [5.41, 5.74) is 3.79. The monoisotopic (exact) mass is 476 g/mol. The predicted molar refractivity (Wildman–Crippen MR) is 126 cm³/mol. The summed E-state index contributed by atoms with van der Waals surface area (Å²) in [6, 6.07) is 24.3. The highest BCUT2D eigenvalue weighted by molar-refractivity contribution is 9.10. The molecule has 0 heterocycles. The fourth-order valence-corrected chi connectivity index (χ4v) is 3.23. The van der Waals surface area contributed by atoms with Crippen molar-refractivity contribution < 1.29 is 14.3 Å². The van der Waals surface area contributed by atoms with Gasteiger partial charge in [-0.15, -0.1) is 10.2 Å². The van der Waals surface area contributed by atoms with Gasteiger partial charge in [-0.3, -0.25) is 4.79 Å². The zero-order valence-corrected chi connectivity index (χ0v) is 18.8. The quantitative estimate of drug-likeness (QED) is 0.198. The van der Waals surface area contributed by atoms with E-state index in [1.807, 2.05) is 61.5 Å². The van der Waals surface area contributed by atoms with Gasteiger partial charge in [0.2, 0.25) is 0 Å². The molecule has 156 valence electrons. The van der Waals surface area contributed by atoms with E-state index in [1.54, 1.807) is 24.3 Å². The molecule has 0 aromatic heterocycles. The maximum absolute atomic E-state index is 12.7. The second-order valence-corrected chi connectivity index (χ2v) is 7.69. The van der Waals surface area contributed by atoms with Gasteiger partial charge in [0.1, 0.15) is 5.71 Å². The van der Waals surface area contributed by atoms with E-state index in [-0.39, 0.29) is 17.9 Å². The largest absolute Gasteiger partial charge is 0.464 e. The molecule has 3 rings (SSSR count). The summed E-state index contributed by atoms with van der Waals surface area (Å²) in [5.74, 6) is -0.935. The van der Waals surface area contributed by atoms with Gasteiger partial charge in [-0.1, -0.05) is 82.7 Å². The fraction of sp³-hybridized carbons (Fsp3) is 0.120. The molecule has 0 saturated heterocycles. The van der Waals surface area contributed by atoms with Crippen LogP contribution in [-0.4, -0.2) is 30.3 Å². The highest BCUT2D eigenvalue weighted by atomic mass is 79.9. The van der Waals surface area contributed by atoms with E-state index >= 15 is 0 Å². The maximum Gasteiger partial charge on any atom is 0.354 e. The third-order valence-electron chi connectivity index (χ3n) is 4.63. The molecule has 0 fully saturated rings. The summed E-state index contributed by atoms with van der Waals surface area (Å²) in [4.78, 5) is 25.0. The number of aryl methyl sites for hydroxylation is 1. The van der Waals surface area contributed by atoms with E-state index in [4.69, 9.17) is 4.74 Å². The van der Waals surface area contributed by atoms with Crippen LogP contribution in [0.25, 0.3) is 0 Å². The lowest BCUT2D eigenvalue weighted by Gasteiger charge is -2.09. The van der Waals surface area contributed by atoms with Crippen molar-refractivity contribution in [3.8, 4) is 0 Å². The Bertz CT molecular complexity index is 1140. The molecule has 0 bridgehead atoms. The summed E-state index contributed by atoms with van der Waals surface area (Å²) < 4.78 is 5.70. The number of hydrogen-bond donors (Lipinski definition) is 0. The zero-order valence-electron chi connectivity index (χ0n) is 17.2. The van der Waals surface area contributed by atoms with Crippen LogP contribution >= 0.6 is 15.9 Å². The second kappa shape index (κ2) is 10.6. The third kappa shape index (κ3) is 5.83. The Morgan fingerprint density at radius 2 is 1.48 bits per heavy atom. The summed E-state index contributed by atoms with van der Waals surface area (Å²) in [7, 11) is 1.26. The van der Waals surface area contributed by atoms with Crippen LogP contribution < -0.4 is 0 Å². The Balaban J connectivity index is 2.02. The molecule has 0 saturated carbocycles. The van der Waals surface area contributed by atoms with E-state index in [1.165, 1.54) is 7.11 Å². The molecule has 0 amide bonds. The third-order valence-corrected chi connectivity index (χ3v) is 5.16. The van der Waals surface area contributed by atoms with Gasteiger partial charge in [0.05, 0.1) is 13.5 Å². The van der Waals surface area contributed by atoms with Crippen molar-refractivity contribution in [3.63, 3.8) is 0 Å². The molecule has 0 aliphatic heterocycles. The Morgan fingerprint density at radius 3 is 2.13 bits per heavy atom. The number of hydrogen-bond acceptors (Lipinski definition) is 5. The van der Waals surface area contributed by atoms with Crippen LogP contribution in [0.1, 0.15) is 33.5 Å². The van der Waals surface area contributed by atoms with Gasteiger partial charge in [-0.2, -0.15) is 0 Å². The van der Waals surface area contributed by atoms with Crippen LogP contribution in [0.15, 0.2) is 93.5 Å². The number of methoxy groups -OCH3 is 1. The number of ketones is 1. The Kier molecular flexibility index (Phi) is 7.62. The Morgan fingerprint density at radius 1 is 0.839 bits per heavy atom. The van der Waals surface area contributed by atoms with E-state index in [2.05, 4.69) is 26.1 Å². The molecule has 3 aromatic rings. The number of halogens is 1. The van der Waals surface area contributed by atoms with Crippen molar-refractivity contribution in [3.05, 3.63) is 106 Å². The van der Waals surface area contributed by atoms with Gasteiger partial charge in [-0.05, 0) is 24.6 Å². The van der Waals surface area contributed by atoms with E-state index < -0.39 is 5.97 Å². The van der Waals surface area contributed by atoms with Crippen LogP contribution in [0.3, 0.4) is 0 Å². The van der Waals surface area contributed by atoms with Crippen LogP contribution in [0, 0.1) is 6.92 Å². The lowest BCUT2D eigenvalue weighted by Crippen LogP contribution is -2.20. The van der Waals surface area contributed by atoms with Gasteiger partial charge in [0, 0.05) is 21.2 Å². The minimum atomic E-state index is -0.689. The van der Waals surface area contributed by atoms with Gasteiger partial charge in [0.25, 0.3) is 0 Å². The van der Waals surface area contributed by atoms with Crippen LogP contribution in [0.5, 0.6) is 0 Å². The molecule has 3 aromatic carbocycles. The first-order valence-electron chi connectivity index (χ1n) is 9.62. The van der Waals surface area contributed by atoms with Gasteiger partial charge >= 0.3 is 5.97 Å². The average Bonchev–Trinajstić information content (AvgIpc) is 2.80. The molecule has 0 aliphatic rings. The molecule has 0 spiro atoms. The van der Waals surface area contributed by atoms with Crippen molar-refractivity contribution in [1.82, 2.24) is 0 Å². The van der Waals surface area contributed by atoms with Crippen LogP contribution in [-0.2, 0) is 9.53 Å². The van der Waals surface area contributed by atoms with Crippen molar-refractivity contribution in [2.45, 2.75) is 13.3 Å². The topological polar surface area (TPSA) is 68.1 Å².